The van der Waals surface area contributed by atoms with Gasteiger partial charge in [0.15, 0.2) is 5.65 Å². The summed E-state index contributed by atoms with van der Waals surface area (Å²) in [6.45, 7) is 6.62. The normalized spacial score (nSPS) is 18.7. The molecule has 1 saturated heterocycles. The molecule has 0 spiro atoms. The average Bonchev–Trinajstić information content (AvgIpc) is 2.87. The van der Waals surface area contributed by atoms with E-state index in [2.05, 4.69) is 34.0 Å². The van der Waals surface area contributed by atoms with Crippen molar-refractivity contribution >= 4 is 22.4 Å². The summed E-state index contributed by atoms with van der Waals surface area (Å²) in [5.74, 6) is 1.01. The summed E-state index contributed by atoms with van der Waals surface area (Å²) >= 11 is 0. The first-order chi connectivity index (χ1) is 18.9. The maximum Gasteiger partial charge on any atom is 0.418 e. The van der Waals surface area contributed by atoms with Crippen LogP contribution in [0.5, 0.6) is 0 Å². The number of anilines is 2. The number of aromatic nitrogens is 3. The first-order valence-electron chi connectivity index (χ1n) is 12.9. The van der Waals surface area contributed by atoms with Crippen LogP contribution in [0.2, 0.25) is 0 Å². The van der Waals surface area contributed by atoms with Crippen molar-refractivity contribution < 1.29 is 26.3 Å². The number of piperidine rings is 1. The van der Waals surface area contributed by atoms with Crippen molar-refractivity contribution in [2.45, 2.75) is 39.2 Å². The van der Waals surface area contributed by atoms with Crippen LogP contribution in [0, 0.1) is 11.8 Å². The van der Waals surface area contributed by atoms with Gasteiger partial charge in [-0.3, -0.25) is 9.88 Å². The summed E-state index contributed by atoms with van der Waals surface area (Å²) in [4.78, 5) is 15.4. The zero-order valence-electron chi connectivity index (χ0n) is 21.8. The number of hydrogen-bond acceptors (Lipinski definition) is 5. The van der Waals surface area contributed by atoms with E-state index >= 15 is 0 Å². The van der Waals surface area contributed by atoms with E-state index in [1.165, 1.54) is 30.5 Å². The second kappa shape index (κ2) is 10.7. The van der Waals surface area contributed by atoms with E-state index in [0.717, 1.165) is 37.7 Å². The van der Waals surface area contributed by atoms with Gasteiger partial charge in [-0.2, -0.15) is 26.3 Å². The summed E-state index contributed by atoms with van der Waals surface area (Å²) in [5, 5.41) is 3.67. The summed E-state index contributed by atoms with van der Waals surface area (Å²) in [6, 6.07) is 11.6. The number of fused-ring (bicyclic) bond motifs is 1. The molecule has 1 aliphatic rings. The fourth-order valence-electron chi connectivity index (χ4n) is 5.36. The lowest BCUT2D eigenvalue weighted by Gasteiger charge is -2.34. The van der Waals surface area contributed by atoms with Crippen molar-refractivity contribution in [1.82, 2.24) is 19.9 Å². The van der Waals surface area contributed by atoms with Gasteiger partial charge in [0, 0.05) is 36.9 Å². The van der Waals surface area contributed by atoms with Gasteiger partial charge in [0.1, 0.15) is 5.69 Å². The van der Waals surface area contributed by atoms with Crippen LogP contribution in [0.4, 0.5) is 37.7 Å². The summed E-state index contributed by atoms with van der Waals surface area (Å²) < 4.78 is 80.2. The number of nitrogens with one attached hydrogen (secondary N) is 1. The minimum Gasteiger partial charge on any atom is -0.355 e. The van der Waals surface area contributed by atoms with Gasteiger partial charge in [0.25, 0.3) is 0 Å². The van der Waals surface area contributed by atoms with Crippen molar-refractivity contribution in [1.29, 1.82) is 0 Å². The minimum absolute atomic E-state index is 0.0192. The molecule has 4 heterocycles. The Morgan fingerprint density at radius 3 is 2.23 bits per heavy atom. The van der Waals surface area contributed by atoms with E-state index < -0.39 is 23.5 Å². The van der Waals surface area contributed by atoms with Crippen molar-refractivity contribution in [3.05, 3.63) is 77.6 Å². The fraction of sp³-hybridized carbons (Fsp3) is 0.345. The smallest absolute Gasteiger partial charge is 0.355 e. The van der Waals surface area contributed by atoms with Crippen LogP contribution in [0.15, 0.2) is 60.8 Å². The van der Waals surface area contributed by atoms with Crippen LogP contribution >= 0.6 is 0 Å². The molecule has 3 aromatic heterocycles. The highest BCUT2D eigenvalue weighted by atomic mass is 19.4. The highest BCUT2D eigenvalue weighted by Gasteiger charge is 2.35. The zero-order chi connectivity index (χ0) is 28.7. The van der Waals surface area contributed by atoms with Gasteiger partial charge >= 0.3 is 12.4 Å². The molecule has 11 heteroatoms. The fourth-order valence-corrected chi connectivity index (χ4v) is 5.36. The molecule has 5 nitrogen and oxygen atoms in total. The van der Waals surface area contributed by atoms with Crippen LogP contribution < -0.4 is 5.32 Å². The third-order valence-electron chi connectivity index (χ3n) is 6.90. The third kappa shape index (κ3) is 6.19. The standard InChI is InChI=1S/C29H27F6N5/c1-17-12-18(2)15-40(14-17)16-21-13-25(37-20-7-5-19(6-8-20)28(30,31)32)22-9-10-24(39-27(22)38-21)26-23(29(33,34)35)4-3-11-36-26/h3-11,13,17-18H,12,14-16H2,1-2H3,(H,37,38,39). The Morgan fingerprint density at radius 1 is 0.875 bits per heavy atom. The molecule has 0 radical (unpaired) electrons. The molecule has 0 amide bonds. The molecule has 1 fully saturated rings. The van der Waals surface area contributed by atoms with Crippen LogP contribution in [0.3, 0.4) is 0 Å². The molecule has 40 heavy (non-hydrogen) atoms. The Bertz CT molecular complexity index is 1490. The summed E-state index contributed by atoms with van der Waals surface area (Å²) in [7, 11) is 0. The lowest BCUT2D eigenvalue weighted by molar-refractivity contribution is -0.138. The predicted molar refractivity (Wildman–Crippen MR) is 141 cm³/mol. The number of rotatable bonds is 5. The van der Waals surface area contributed by atoms with Crippen LogP contribution in [0.1, 0.15) is 37.1 Å². The maximum absolute atomic E-state index is 13.7. The van der Waals surface area contributed by atoms with Gasteiger partial charge in [-0.15, -0.1) is 0 Å². The Hall–Kier alpha value is -3.73. The third-order valence-corrected chi connectivity index (χ3v) is 6.90. The van der Waals surface area contributed by atoms with Crippen molar-refractivity contribution in [3.63, 3.8) is 0 Å². The Morgan fingerprint density at radius 2 is 1.57 bits per heavy atom. The SMILES string of the molecule is CC1CC(C)CN(Cc2cc(Nc3ccc(C(F)(F)F)cc3)c3ccc(-c4ncccc4C(F)(F)F)nc3n2)C1. The van der Waals surface area contributed by atoms with Crippen molar-refractivity contribution in [2.75, 3.05) is 18.4 Å². The highest BCUT2D eigenvalue weighted by molar-refractivity contribution is 5.92. The second-order valence-electron chi connectivity index (χ2n) is 10.5. The molecule has 210 valence electrons. The lowest BCUT2D eigenvalue weighted by atomic mass is 9.92. The van der Waals surface area contributed by atoms with Gasteiger partial charge in [-0.25, -0.2) is 9.97 Å². The molecule has 2 atom stereocenters. The number of pyridine rings is 3. The summed E-state index contributed by atoms with van der Waals surface area (Å²) in [6.07, 6.45) is -6.68. The van der Waals surface area contributed by atoms with Crippen LogP contribution in [0.25, 0.3) is 22.4 Å². The molecule has 1 aliphatic heterocycles. The molecule has 1 aromatic carbocycles. The van der Waals surface area contributed by atoms with Gasteiger partial charge in [0.2, 0.25) is 0 Å². The van der Waals surface area contributed by atoms with Crippen LogP contribution in [-0.2, 0) is 18.9 Å². The van der Waals surface area contributed by atoms with E-state index in [1.807, 2.05) is 6.07 Å². The number of alkyl halides is 6. The van der Waals surface area contributed by atoms with E-state index in [4.69, 9.17) is 4.98 Å². The molecular formula is C29H27F6N5. The monoisotopic (exact) mass is 559 g/mol. The number of hydrogen-bond donors (Lipinski definition) is 1. The van der Waals surface area contributed by atoms with Gasteiger partial charge in [-0.05, 0) is 72.9 Å². The quantitative estimate of drug-likeness (QED) is 0.252. The number of likely N-dealkylation sites (tertiary alicyclic amines) is 1. The largest absolute Gasteiger partial charge is 0.418 e. The lowest BCUT2D eigenvalue weighted by Crippen LogP contribution is -2.38. The molecule has 2 unspecified atom stereocenters. The zero-order valence-corrected chi connectivity index (χ0v) is 21.8. The van der Waals surface area contributed by atoms with Crippen molar-refractivity contribution in [3.8, 4) is 11.4 Å². The predicted octanol–water partition coefficient (Wildman–Crippen LogP) is 7.95. The van der Waals surface area contributed by atoms with Crippen LogP contribution in [-0.4, -0.2) is 32.9 Å². The molecule has 0 bridgehead atoms. The van der Waals surface area contributed by atoms with E-state index in [9.17, 15) is 26.3 Å². The first-order valence-corrected chi connectivity index (χ1v) is 12.9. The Kier molecular flexibility index (Phi) is 7.43. The molecule has 5 rings (SSSR count). The average molecular weight is 560 g/mol. The Balaban J connectivity index is 1.57. The van der Waals surface area contributed by atoms with E-state index in [-0.39, 0.29) is 17.0 Å². The second-order valence-corrected chi connectivity index (χ2v) is 10.5. The van der Waals surface area contributed by atoms with E-state index in [1.54, 1.807) is 6.07 Å². The maximum atomic E-state index is 13.7. The van der Waals surface area contributed by atoms with Gasteiger partial charge < -0.3 is 5.32 Å². The number of halogens is 6. The van der Waals surface area contributed by atoms with Gasteiger partial charge in [-0.1, -0.05) is 13.8 Å². The number of benzene rings is 1. The molecule has 0 aliphatic carbocycles. The first kappa shape index (κ1) is 27.8. The van der Waals surface area contributed by atoms with E-state index in [0.29, 0.717) is 40.8 Å². The molecular weight excluding hydrogens is 532 g/mol. The molecule has 4 aromatic rings. The molecule has 1 N–H and O–H groups in total. The van der Waals surface area contributed by atoms with Crippen molar-refractivity contribution in [2.24, 2.45) is 11.8 Å². The summed E-state index contributed by atoms with van der Waals surface area (Å²) in [5.41, 5.74) is -0.156. The minimum atomic E-state index is -4.62. The topological polar surface area (TPSA) is 53.9 Å². The highest BCUT2D eigenvalue weighted by Crippen LogP contribution is 2.37. The Labute approximate surface area is 227 Å². The van der Waals surface area contributed by atoms with Gasteiger partial charge in [0.05, 0.1) is 28.2 Å². The molecule has 0 saturated carbocycles. The number of nitrogens with zero attached hydrogens (tertiary/aromatic N) is 4.